The molecule has 2 N–H and O–H groups in total. The van der Waals surface area contributed by atoms with Gasteiger partial charge in [-0.25, -0.2) is 0 Å². The lowest BCUT2D eigenvalue weighted by molar-refractivity contribution is 0.317. The van der Waals surface area contributed by atoms with Gasteiger partial charge in [-0.2, -0.15) is 0 Å². The van der Waals surface area contributed by atoms with E-state index in [2.05, 4.69) is 22.9 Å². The first-order valence-corrected chi connectivity index (χ1v) is 5.62. The van der Waals surface area contributed by atoms with Crippen LogP contribution >= 0.6 is 15.9 Å². The second-order valence-electron chi connectivity index (χ2n) is 3.32. The first kappa shape index (κ1) is 11.5. The lowest BCUT2D eigenvalue weighted by Crippen LogP contribution is -2.06. The zero-order valence-corrected chi connectivity index (χ0v) is 10.2. The standard InChI is InChI=1S/C11H16BrNO/c1-3-6-14-9-4-5-11(12)10(7-9)8(2)13/h4-5,7-8H,3,6,13H2,1-2H3. The third-order valence-corrected chi connectivity index (χ3v) is 2.65. The van der Waals surface area contributed by atoms with E-state index in [0.29, 0.717) is 0 Å². The van der Waals surface area contributed by atoms with Gasteiger partial charge in [0.2, 0.25) is 0 Å². The molecule has 2 nitrogen and oxygen atoms in total. The fourth-order valence-electron chi connectivity index (χ4n) is 1.18. The van der Waals surface area contributed by atoms with Crippen LogP contribution < -0.4 is 10.5 Å². The van der Waals surface area contributed by atoms with Crippen LogP contribution in [0.4, 0.5) is 0 Å². The number of rotatable bonds is 4. The van der Waals surface area contributed by atoms with Crippen molar-refractivity contribution >= 4 is 15.9 Å². The molecule has 0 heterocycles. The average Bonchev–Trinajstić information content (AvgIpc) is 2.16. The third kappa shape index (κ3) is 3.00. The van der Waals surface area contributed by atoms with Crippen molar-refractivity contribution < 1.29 is 4.74 Å². The lowest BCUT2D eigenvalue weighted by Gasteiger charge is -2.11. The highest BCUT2D eigenvalue weighted by atomic mass is 79.9. The number of hydrogen-bond acceptors (Lipinski definition) is 2. The van der Waals surface area contributed by atoms with Gasteiger partial charge in [0.25, 0.3) is 0 Å². The summed E-state index contributed by atoms with van der Waals surface area (Å²) >= 11 is 3.46. The van der Waals surface area contributed by atoms with Crippen LogP contribution in [0.2, 0.25) is 0 Å². The van der Waals surface area contributed by atoms with Gasteiger partial charge in [0.15, 0.2) is 0 Å². The Bertz CT molecular complexity index is 299. The zero-order valence-electron chi connectivity index (χ0n) is 8.59. The molecule has 1 aromatic carbocycles. The quantitative estimate of drug-likeness (QED) is 0.899. The van der Waals surface area contributed by atoms with Gasteiger partial charge >= 0.3 is 0 Å². The molecule has 0 radical (unpaired) electrons. The molecule has 14 heavy (non-hydrogen) atoms. The Labute approximate surface area is 93.6 Å². The summed E-state index contributed by atoms with van der Waals surface area (Å²) in [5.41, 5.74) is 6.91. The van der Waals surface area contributed by atoms with Gasteiger partial charge < -0.3 is 10.5 Å². The second kappa shape index (κ2) is 5.37. The molecule has 3 heteroatoms. The fraction of sp³-hybridized carbons (Fsp3) is 0.455. The average molecular weight is 258 g/mol. The maximum Gasteiger partial charge on any atom is 0.119 e. The molecule has 0 bridgehead atoms. The minimum Gasteiger partial charge on any atom is -0.494 e. The summed E-state index contributed by atoms with van der Waals surface area (Å²) in [6.07, 6.45) is 1.02. The monoisotopic (exact) mass is 257 g/mol. The highest BCUT2D eigenvalue weighted by molar-refractivity contribution is 9.10. The molecule has 0 fully saturated rings. The maximum absolute atomic E-state index is 5.83. The summed E-state index contributed by atoms with van der Waals surface area (Å²) in [5, 5.41) is 0. The summed E-state index contributed by atoms with van der Waals surface area (Å²) in [4.78, 5) is 0. The predicted octanol–water partition coefficient (Wildman–Crippen LogP) is 3.26. The van der Waals surface area contributed by atoms with Gasteiger partial charge in [-0.1, -0.05) is 22.9 Å². The molecule has 1 unspecified atom stereocenters. The molecule has 1 atom stereocenters. The molecule has 1 aromatic rings. The Morgan fingerprint density at radius 3 is 2.79 bits per heavy atom. The lowest BCUT2D eigenvalue weighted by atomic mass is 10.1. The first-order chi connectivity index (χ1) is 6.65. The van der Waals surface area contributed by atoms with Gasteiger partial charge in [0.05, 0.1) is 6.61 Å². The Hall–Kier alpha value is -0.540. The van der Waals surface area contributed by atoms with Gasteiger partial charge in [0, 0.05) is 10.5 Å². The number of nitrogens with two attached hydrogens (primary N) is 1. The van der Waals surface area contributed by atoms with Crippen molar-refractivity contribution in [2.45, 2.75) is 26.3 Å². The van der Waals surface area contributed by atoms with Crippen molar-refractivity contribution in [1.29, 1.82) is 0 Å². The Balaban J connectivity index is 2.83. The third-order valence-electron chi connectivity index (χ3n) is 1.93. The zero-order chi connectivity index (χ0) is 10.6. The van der Waals surface area contributed by atoms with E-state index in [1.165, 1.54) is 0 Å². The number of halogens is 1. The molecule has 1 rings (SSSR count). The normalized spacial score (nSPS) is 12.6. The molecule has 0 saturated heterocycles. The van der Waals surface area contributed by atoms with Crippen LogP contribution in [0.5, 0.6) is 5.75 Å². The highest BCUT2D eigenvalue weighted by Gasteiger charge is 2.06. The summed E-state index contributed by atoms with van der Waals surface area (Å²) in [6.45, 7) is 4.80. The van der Waals surface area contributed by atoms with Crippen molar-refractivity contribution in [2.75, 3.05) is 6.61 Å². The van der Waals surface area contributed by atoms with E-state index in [1.807, 2.05) is 25.1 Å². The maximum atomic E-state index is 5.83. The van der Waals surface area contributed by atoms with E-state index in [-0.39, 0.29) is 6.04 Å². The molecule has 0 aromatic heterocycles. The topological polar surface area (TPSA) is 35.2 Å². The van der Waals surface area contributed by atoms with Gasteiger partial charge in [-0.3, -0.25) is 0 Å². The van der Waals surface area contributed by atoms with Crippen molar-refractivity contribution in [1.82, 2.24) is 0 Å². The minimum atomic E-state index is 0.0227. The highest BCUT2D eigenvalue weighted by Crippen LogP contribution is 2.26. The largest absolute Gasteiger partial charge is 0.494 e. The summed E-state index contributed by atoms with van der Waals surface area (Å²) < 4.78 is 6.56. The van der Waals surface area contributed by atoms with Crippen LogP contribution in [0.3, 0.4) is 0 Å². The van der Waals surface area contributed by atoms with Gasteiger partial charge in [-0.15, -0.1) is 0 Å². The molecule has 0 aliphatic heterocycles. The second-order valence-corrected chi connectivity index (χ2v) is 4.17. The number of hydrogen-bond donors (Lipinski definition) is 1. The van der Waals surface area contributed by atoms with Crippen molar-refractivity contribution in [3.05, 3.63) is 28.2 Å². The SMILES string of the molecule is CCCOc1ccc(Br)c(C(C)N)c1. The predicted molar refractivity (Wildman–Crippen MR) is 62.5 cm³/mol. The Morgan fingerprint density at radius 2 is 2.21 bits per heavy atom. The smallest absolute Gasteiger partial charge is 0.119 e. The van der Waals surface area contributed by atoms with Crippen LogP contribution in [0, 0.1) is 0 Å². The van der Waals surface area contributed by atoms with E-state index in [1.54, 1.807) is 0 Å². The molecule has 0 spiro atoms. The molecule has 78 valence electrons. The van der Waals surface area contributed by atoms with Crippen molar-refractivity contribution in [3.8, 4) is 5.75 Å². The summed E-state index contributed by atoms with van der Waals surface area (Å²) in [5.74, 6) is 0.891. The van der Waals surface area contributed by atoms with Crippen molar-refractivity contribution in [2.24, 2.45) is 5.73 Å². The first-order valence-electron chi connectivity index (χ1n) is 4.83. The minimum absolute atomic E-state index is 0.0227. The van der Waals surface area contributed by atoms with Crippen LogP contribution in [-0.4, -0.2) is 6.61 Å². The summed E-state index contributed by atoms with van der Waals surface area (Å²) in [7, 11) is 0. The van der Waals surface area contributed by atoms with Crippen LogP contribution in [0.1, 0.15) is 31.9 Å². The van der Waals surface area contributed by atoms with Crippen molar-refractivity contribution in [3.63, 3.8) is 0 Å². The van der Waals surface area contributed by atoms with Crippen LogP contribution in [0.15, 0.2) is 22.7 Å². The Morgan fingerprint density at radius 1 is 1.50 bits per heavy atom. The van der Waals surface area contributed by atoms with Crippen LogP contribution in [-0.2, 0) is 0 Å². The molecule has 0 aliphatic carbocycles. The Kier molecular flexibility index (Phi) is 4.42. The summed E-state index contributed by atoms with van der Waals surface area (Å²) in [6, 6.07) is 5.94. The number of benzene rings is 1. The molecule has 0 saturated carbocycles. The van der Waals surface area contributed by atoms with E-state index in [4.69, 9.17) is 10.5 Å². The van der Waals surface area contributed by atoms with E-state index in [0.717, 1.165) is 28.8 Å². The molecule has 0 amide bonds. The van der Waals surface area contributed by atoms with E-state index in [9.17, 15) is 0 Å². The molecule has 0 aliphatic rings. The molecular formula is C11H16BrNO. The van der Waals surface area contributed by atoms with Crippen LogP contribution in [0.25, 0.3) is 0 Å². The fourth-order valence-corrected chi connectivity index (χ4v) is 1.79. The van der Waals surface area contributed by atoms with Gasteiger partial charge in [-0.05, 0) is 37.1 Å². The van der Waals surface area contributed by atoms with Gasteiger partial charge in [0.1, 0.15) is 5.75 Å². The van der Waals surface area contributed by atoms with E-state index >= 15 is 0 Å². The number of ether oxygens (including phenoxy) is 1. The van der Waals surface area contributed by atoms with E-state index < -0.39 is 0 Å². The molecular weight excluding hydrogens is 242 g/mol.